The van der Waals surface area contributed by atoms with Gasteiger partial charge >= 0.3 is 5.97 Å². The molecule has 0 saturated heterocycles. The zero-order chi connectivity index (χ0) is 20.0. The van der Waals surface area contributed by atoms with Crippen molar-refractivity contribution in [2.45, 2.75) is 66.2 Å². The van der Waals surface area contributed by atoms with Gasteiger partial charge in [-0.25, -0.2) is 4.79 Å². The summed E-state index contributed by atoms with van der Waals surface area (Å²) >= 11 is 5.98. The minimum absolute atomic E-state index is 0.537. The molecule has 0 radical (unpaired) electrons. The predicted molar refractivity (Wildman–Crippen MR) is 121 cm³/mol. The number of aryl methyl sites for hydroxylation is 3. The van der Waals surface area contributed by atoms with Gasteiger partial charge in [-0.15, -0.1) is 11.3 Å². The zero-order valence-electron chi connectivity index (χ0n) is 17.0. The zero-order valence-corrected chi connectivity index (χ0v) is 18.7. The molecule has 148 valence electrons. The molecule has 2 aromatic rings. The number of aromatic carboxylic acids is 1. The van der Waals surface area contributed by atoms with Gasteiger partial charge < -0.3 is 5.11 Å². The van der Waals surface area contributed by atoms with Gasteiger partial charge in [-0.05, 0) is 73.0 Å². The molecule has 1 heterocycles. The maximum absolute atomic E-state index is 12.2. The first-order chi connectivity index (χ1) is 12.9. The molecule has 2 rings (SSSR count). The first-order valence-corrected chi connectivity index (χ1v) is 11.4. The molecule has 1 aromatic heterocycles. The number of carboxylic acids is 1. The summed E-state index contributed by atoms with van der Waals surface area (Å²) in [5, 5.41) is 10.0. The second-order valence-electron chi connectivity index (χ2n) is 7.67. The highest BCUT2D eigenvalue weighted by molar-refractivity contribution is 7.80. The molecule has 0 atom stereocenters. The molecular weight excluding hydrogens is 372 g/mol. The third-order valence-electron chi connectivity index (χ3n) is 4.91. The van der Waals surface area contributed by atoms with Crippen molar-refractivity contribution < 1.29 is 9.90 Å². The molecule has 0 saturated carbocycles. The van der Waals surface area contributed by atoms with E-state index in [4.69, 9.17) is 0 Å². The molecule has 0 bridgehead atoms. The van der Waals surface area contributed by atoms with E-state index in [0.29, 0.717) is 11.5 Å². The summed E-state index contributed by atoms with van der Waals surface area (Å²) in [7, 11) is 0. The standard InChI is InChI=1S/C23H32O2S2/c1-5-7-20-19(11-9-15(2)3)21(23(24)25)22(27-20)18-12-10-17(8-6-13-26)14-16(18)4/h10,12,14-15,26H,5-9,11,13H2,1-4H3,(H,24,25). The number of hydrogen-bond donors (Lipinski definition) is 2. The lowest BCUT2D eigenvalue weighted by Gasteiger charge is -2.10. The topological polar surface area (TPSA) is 37.3 Å². The summed E-state index contributed by atoms with van der Waals surface area (Å²) in [6.07, 6.45) is 5.94. The first-order valence-electron chi connectivity index (χ1n) is 9.97. The van der Waals surface area contributed by atoms with Crippen molar-refractivity contribution >= 4 is 29.9 Å². The van der Waals surface area contributed by atoms with Crippen LogP contribution in [0.3, 0.4) is 0 Å². The van der Waals surface area contributed by atoms with E-state index in [1.807, 2.05) is 0 Å². The molecular formula is C23H32O2S2. The fourth-order valence-corrected chi connectivity index (χ4v) is 5.16. The normalized spacial score (nSPS) is 11.3. The van der Waals surface area contributed by atoms with Crippen LogP contribution in [0.5, 0.6) is 0 Å². The molecule has 0 fully saturated rings. The minimum Gasteiger partial charge on any atom is -0.478 e. The van der Waals surface area contributed by atoms with Gasteiger partial charge in [-0.3, -0.25) is 0 Å². The third-order valence-corrected chi connectivity index (χ3v) is 6.55. The maximum Gasteiger partial charge on any atom is 0.337 e. The van der Waals surface area contributed by atoms with Crippen LogP contribution in [0, 0.1) is 12.8 Å². The lowest BCUT2D eigenvalue weighted by Crippen LogP contribution is -2.04. The van der Waals surface area contributed by atoms with Crippen LogP contribution in [0.4, 0.5) is 0 Å². The first kappa shape index (κ1) is 22.0. The van der Waals surface area contributed by atoms with Crippen molar-refractivity contribution in [1.29, 1.82) is 0 Å². The van der Waals surface area contributed by atoms with E-state index in [0.717, 1.165) is 65.8 Å². The lowest BCUT2D eigenvalue weighted by molar-refractivity contribution is 0.0697. The van der Waals surface area contributed by atoms with E-state index in [2.05, 4.69) is 58.5 Å². The van der Waals surface area contributed by atoms with Gasteiger partial charge in [-0.2, -0.15) is 12.6 Å². The quantitative estimate of drug-likeness (QED) is 0.426. The van der Waals surface area contributed by atoms with Crippen LogP contribution in [0.2, 0.25) is 0 Å². The SMILES string of the molecule is CCCc1sc(-c2ccc(CCCS)cc2C)c(C(=O)O)c1CCC(C)C. The van der Waals surface area contributed by atoms with Gasteiger partial charge in [0.25, 0.3) is 0 Å². The van der Waals surface area contributed by atoms with Crippen molar-refractivity contribution in [3.8, 4) is 10.4 Å². The van der Waals surface area contributed by atoms with Crippen LogP contribution in [0.15, 0.2) is 18.2 Å². The van der Waals surface area contributed by atoms with Crippen molar-refractivity contribution in [3.63, 3.8) is 0 Å². The Morgan fingerprint density at radius 1 is 1.22 bits per heavy atom. The highest BCUT2D eigenvalue weighted by Gasteiger charge is 2.24. The number of carbonyl (C=O) groups is 1. The Balaban J connectivity index is 2.52. The number of hydrogen-bond acceptors (Lipinski definition) is 3. The van der Waals surface area contributed by atoms with Crippen molar-refractivity contribution in [1.82, 2.24) is 0 Å². The van der Waals surface area contributed by atoms with Crippen LogP contribution in [0.25, 0.3) is 10.4 Å². The lowest BCUT2D eigenvalue weighted by atomic mass is 9.94. The highest BCUT2D eigenvalue weighted by Crippen LogP contribution is 2.40. The van der Waals surface area contributed by atoms with Crippen LogP contribution < -0.4 is 0 Å². The molecule has 0 aliphatic carbocycles. The van der Waals surface area contributed by atoms with E-state index in [9.17, 15) is 9.90 Å². The van der Waals surface area contributed by atoms with E-state index >= 15 is 0 Å². The number of rotatable bonds is 10. The second-order valence-corrected chi connectivity index (χ2v) is 9.22. The number of carboxylic acid groups (broad SMARTS) is 1. The molecule has 4 heteroatoms. The van der Waals surface area contributed by atoms with Crippen LogP contribution in [-0.2, 0) is 19.3 Å². The molecule has 27 heavy (non-hydrogen) atoms. The Labute approximate surface area is 173 Å². The summed E-state index contributed by atoms with van der Waals surface area (Å²) < 4.78 is 0. The fourth-order valence-electron chi connectivity index (χ4n) is 3.47. The Bertz CT molecular complexity index is 775. The number of thiophene rings is 1. The Kier molecular flexibility index (Phi) is 8.43. The average molecular weight is 405 g/mol. The van der Waals surface area contributed by atoms with Gasteiger partial charge in [-0.1, -0.05) is 45.4 Å². The molecule has 0 aliphatic heterocycles. The van der Waals surface area contributed by atoms with Crippen LogP contribution >= 0.6 is 24.0 Å². The van der Waals surface area contributed by atoms with E-state index in [-0.39, 0.29) is 0 Å². The van der Waals surface area contributed by atoms with Crippen LogP contribution in [0.1, 0.15) is 72.0 Å². The summed E-state index contributed by atoms with van der Waals surface area (Å²) in [6.45, 7) is 8.65. The molecule has 0 spiro atoms. The average Bonchev–Trinajstić information content (AvgIpc) is 2.96. The van der Waals surface area contributed by atoms with E-state index < -0.39 is 5.97 Å². The fraction of sp³-hybridized carbons (Fsp3) is 0.522. The Morgan fingerprint density at radius 2 is 1.96 bits per heavy atom. The molecule has 1 aromatic carbocycles. The van der Waals surface area contributed by atoms with Gasteiger partial charge in [0.05, 0.1) is 5.56 Å². The van der Waals surface area contributed by atoms with Gasteiger partial charge in [0, 0.05) is 9.75 Å². The van der Waals surface area contributed by atoms with E-state index in [1.165, 1.54) is 10.4 Å². The van der Waals surface area contributed by atoms with Gasteiger partial charge in [0.15, 0.2) is 0 Å². The smallest absolute Gasteiger partial charge is 0.337 e. The largest absolute Gasteiger partial charge is 0.478 e. The number of benzene rings is 1. The Hall–Kier alpha value is -1.26. The second kappa shape index (κ2) is 10.3. The van der Waals surface area contributed by atoms with Crippen molar-refractivity contribution in [2.75, 3.05) is 5.75 Å². The summed E-state index contributed by atoms with van der Waals surface area (Å²) in [5.41, 5.74) is 5.13. The molecule has 0 aliphatic rings. The summed E-state index contributed by atoms with van der Waals surface area (Å²) in [4.78, 5) is 14.4. The Morgan fingerprint density at radius 3 is 2.52 bits per heavy atom. The maximum atomic E-state index is 12.2. The van der Waals surface area contributed by atoms with E-state index in [1.54, 1.807) is 11.3 Å². The highest BCUT2D eigenvalue weighted by atomic mass is 32.1. The number of thiol groups is 1. The summed E-state index contributed by atoms with van der Waals surface area (Å²) in [6, 6.07) is 6.46. The molecule has 0 amide bonds. The van der Waals surface area contributed by atoms with Crippen molar-refractivity contribution in [3.05, 3.63) is 45.3 Å². The van der Waals surface area contributed by atoms with Crippen molar-refractivity contribution in [2.24, 2.45) is 5.92 Å². The van der Waals surface area contributed by atoms with Crippen LogP contribution in [-0.4, -0.2) is 16.8 Å². The summed E-state index contributed by atoms with van der Waals surface area (Å²) in [5.74, 6) is 0.660. The monoisotopic (exact) mass is 404 g/mol. The molecule has 2 nitrogen and oxygen atoms in total. The molecule has 0 unspecified atom stereocenters. The predicted octanol–water partition coefficient (Wildman–Crippen LogP) is 6.83. The molecule has 1 N–H and O–H groups in total. The third kappa shape index (κ3) is 5.61. The van der Waals surface area contributed by atoms with Gasteiger partial charge in [0.1, 0.15) is 0 Å². The minimum atomic E-state index is -0.791. The van der Waals surface area contributed by atoms with Gasteiger partial charge in [0.2, 0.25) is 0 Å².